The number of nitrogens with one attached hydrogen (secondary N) is 2. The summed E-state index contributed by atoms with van der Waals surface area (Å²) in [5.74, 6) is 1.07. The maximum absolute atomic E-state index is 12.4. The van der Waals surface area contributed by atoms with Crippen LogP contribution in [0.3, 0.4) is 0 Å². The molecule has 1 saturated carbocycles. The lowest BCUT2D eigenvalue weighted by Gasteiger charge is -2.26. The Morgan fingerprint density at radius 2 is 2.04 bits per heavy atom. The van der Waals surface area contributed by atoms with Crippen LogP contribution < -0.4 is 16.7 Å². The van der Waals surface area contributed by atoms with Gasteiger partial charge in [0.2, 0.25) is 5.95 Å². The van der Waals surface area contributed by atoms with Crippen LogP contribution in [0.5, 0.6) is 0 Å². The second kappa shape index (κ2) is 8.11. The third-order valence-corrected chi connectivity index (χ3v) is 5.89. The average Bonchev–Trinajstić information content (AvgIpc) is 2.99. The normalized spacial score (nSPS) is 19.8. The van der Waals surface area contributed by atoms with E-state index in [2.05, 4.69) is 20.3 Å². The third kappa shape index (κ3) is 4.16. The van der Waals surface area contributed by atoms with Crippen LogP contribution >= 0.6 is 23.2 Å². The minimum absolute atomic E-state index is 0.265. The van der Waals surface area contributed by atoms with E-state index in [1.165, 1.54) is 0 Å². The summed E-state index contributed by atoms with van der Waals surface area (Å²) in [5.41, 5.74) is 7.57. The molecular weight excluding hydrogens is 399 g/mol. The topological polar surface area (TPSA) is 102 Å². The van der Waals surface area contributed by atoms with Gasteiger partial charge in [-0.25, -0.2) is 9.78 Å². The van der Waals surface area contributed by atoms with Crippen molar-refractivity contribution < 1.29 is 0 Å². The van der Waals surface area contributed by atoms with Gasteiger partial charge < -0.3 is 16.0 Å². The first-order valence-electron chi connectivity index (χ1n) is 9.38. The van der Waals surface area contributed by atoms with Crippen LogP contribution in [0.25, 0.3) is 11.2 Å². The van der Waals surface area contributed by atoms with Crippen LogP contribution in [0.15, 0.2) is 29.2 Å². The molecule has 2 heterocycles. The van der Waals surface area contributed by atoms with E-state index in [4.69, 9.17) is 28.9 Å². The van der Waals surface area contributed by atoms with E-state index in [0.29, 0.717) is 39.1 Å². The van der Waals surface area contributed by atoms with Crippen molar-refractivity contribution >= 4 is 40.3 Å². The Morgan fingerprint density at radius 1 is 1.25 bits per heavy atom. The third-order valence-electron chi connectivity index (χ3n) is 5.29. The quantitative estimate of drug-likeness (QED) is 0.586. The van der Waals surface area contributed by atoms with Crippen LogP contribution in [0, 0.1) is 5.92 Å². The standard InChI is InChI=1S/C19H22Cl2N6O/c20-13-3-6-15(21)12(7-13)10-27-17-16(25-19(27)28)9-24-18(26-17)23-8-11-1-4-14(22)5-2-11/h3,6-7,9,11,14H,1-2,4-5,8,10,22H2,(H,25,28)(H,23,24,26)/t11-,14+. The van der Waals surface area contributed by atoms with Crippen LogP contribution in [-0.2, 0) is 6.54 Å². The highest BCUT2D eigenvalue weighted by atomic mass is 35.5. The van der Waals surface area contributed by atoms with Crippen molar-refractivity contribution in [3.8, 4) is 0 Å². The number of aromatic amines is 1. The van der Waals surface area contributed by atoms with Gasteiger partial charge in [-0.2, -0.15) is 4.98 Å². The van der Waals surface area contributed by atoms with Crippen molar-refractivity contribution in [2.24, 2.45) is 11.7 Å². The molecule has 1 aliphatic rings. The largest absolute Gasteiger partial charge is 0.354 e. The molecule has 0 aliphatic heterocycles. The minimum atomic E-state index is -0.265. The Kier molecular flexibility index (Phi) is 5.57. The molecule has 1 aliphatic carbocycles. The van der Waals surface area contributed by atoms with Crippen molar-refractivity contribution in [1.82, 2.24) is 19.5 Å². The maximum Gasteiger partial charge on any atom is 0.328 e. The fourth-order valence-electron chi connectivity index (χ4n) is 3.64. The number of nitrogens with zero attached hydrogens (tertiary/aromatic N) is 3. The van der Waals surface area contributed by atoms with Crippen molar-refractivity contribution in [2.75, 3.05) is 11.9 Å². The first-order chi connectivity index (χ1) is 13.5. The van der Waals surface area contributed by atoms with Crippen molar-refractivity contribution in [1.29, 1.82) is 0 Å². The summed E-state index contributed by atoms with van der Waals surface area (Å²) in [6, 6.07) is 5.52. The molecule has 1 aromatic carbocycles. The second-order valence-corrected chi connectivity index (χ2v) is 8.19. The molecule has 28 heavy (non-hydrogen) atoms. The summed E-state index contributed by atoms with van der Waals surface area (Å²) in [6.45, 7) is 1.07. The molecule has 0 amide bonds. The fraction of sp³-hybridized carbons (Fsp3) is 0.421. The van der Waals surface area contributed by atoms with Gasteiger partial charge in [0.1, 0.15) is 5.52 Å². The Bertz CT molecular complexity index is 1040. The van der Waals surface area contributed by atoms with Gasteiger partial charge in [-0.3, -0.25) is 4.57 Å². The Morgan fingerprint density at radius 3 is 2.82 bits per heavy atom. The highest BCUT2D eigenvalue weighted by molar-refractivity contribution is 6.33. The van der Waals surface area contributed by atoms with Crippen LogP contribution in [0.4, 0.5) is 5.95 Å². The summed E-state index contributed by atoms with van der Waals surface area (Å²) in [6.07, 6.45) is 5.96. The van der Waals surface area contributed by atoms with E-state index in [0.717, 1.165) is 37.8 Å². The molecule has 0 saturated heterocycles. The van der Waals surface area contributed by atoms with E-state index in [-0.39, 0.29) is 12.2 Å². The number of H-pyrrole nitrogens is 1. The molecule has 7 nitrogen and oxygen atoms in total. The van der Waals surface area contributed by atoms with Gasteiger partial charge in [-0.05, 0) is 55.4 Å². The zero-order chi connectivity index (χ0) is 19.7. The van der Waals surface area contributed by atoms with Gasteiger partial charge in [-0.15, -0.1) is 0 Å². The summed E-state index contributed by atoms with van der Waals surface area (Å²) in [5, 5.41) is 4.42. The summed E-state index contributed by atoms with van der Waals surface area (Å²) < 4.78 is 1.54. The molecule has 0 spiro atoms. The number of nitrogens with two attached hydrogens (primary N) is 1. The minimum Gasteiger partial charge on any atom is -0.354 e. The summed E-state index contributed by atoms with van der Waals surface area (Å²) in [7, 11) is 0. The van der Waals surface area contributed by atoms with E-state index in [1.54, 1.807) is 29.0 Å². The van der Waals surface area contributed by atoms with Gasteiger partial charge in [-0.1, -0.05) is 23.2 Å². The van der Waals surface area contributed by atoms with E-state index in [1.807, 2.05) is 0 Å². The smallest absolute Gasteiger partial charge is 0.328 e. The number of hydrogen-bond acceptors (Lipinski definition) is 5. The summed E-state index contributed by atoms with van der Waals surface area (Å²) in [4.78, 5) is 24.1. The monoisotopic (exact) mass is 420 g/mol. The number of imidazole rings is 1. The fourth-order valence-corrected chi connectivity index (χ4v) is 4.01. The number of hydrogen-bond donors (Lipinski definition) is 3. The van der Waals surface area contributed by atoms with Gasteiger partial charge in [0.05, 0.1) is 12.7 Å². The SMILES string of the molecule is N[C@H]1CC[C@@H](CNc2ncc3[nH]c(=O)n(Cc4cc(Cl)ccc4Cl)c3n2)CC1. The van der Waals surface area contributed by atoms with Crippen molar-refractivity contribution in [2.45, 2.75) is 38.3 Å². The predicted molar refractivity (Wildman–Crippen MR) is 112 cm³/mol. The highest BCUT2D eigenvalue weighted by Crippen LogP contribution is 2.24. The van der Waals surface area contributed by atoms with E-state index < -0.39 is 0 Å². The Balaban J connectivity index is 1.56. The molecule has 148 valence electrons. The molecule has 9 heteroatoms. The Labute approximate surface area is 172 Å². The number of halogens is 2. The lowest BCUT2D eigenvalue weighted by molar-refractivity contribution is 0.338. The van der Waals surface area contributed by atoms with Gasteiger partial charge in [0.15, 0.2) is 5.65 Å². The molecule has 4 N–H and O–H groups in total. The zero-order valence-corrected chi connectivity index (χ0v) is 16.8. The van der Waals surface area contributed by atoms with Crippen molar-refractivity contribution in [3.63, 3.8) is 0 Å². The number of aromatic nitrogens is 4. The molecule has 0 radical (unpaired) electrons. The van der Waals surface area contributed by atoms with E-state index >= 15 is 0 Å². The molecule has 2 aromatic heterocycles. The summed E-state index contributed by atoms with van der Waals surface area (Å²) >= 11 is 12.3. The lowest BCUT2D eigenvalue weighted by Crippen LogP contribution is -2.29. The molecule has 1 fully saturated rings. The van der Waals surface area contributed by atoms with Gasteiger partial charge >= 0.3 is 5.69 Å². The number of rotatable bonds is 5. The van der Waals surface area contributed by atoms with E-state index in [9.17, 15) is 4.79 Å². The molecule has 0 atom stereocenters. The molecule has 0 bridgehead atoms. The number of benzene rings is 1. The zero-order valence-electron chi connectivity index (χ0n) is 15.3. The predicted octanol–water partition coefficient (Wildman–Crippen LogP) is 3.40. The van der Waals surface area contributed by atoms with Crippen LogP contribution in [0.1, 0.15) is 31.2 Å². The van der Waals surface area contributed by atoms with Gasteiger partial charge in [0.25, 0.3) is 0 Å². The molecule has 4 rings (SSSR count). The molecule has 3 aromatic rings. The first-order valence-corrected chi connectivity index (χ1v) is 10.1. The maximum atomic E-state index is 12.4. The second-order valence-electron chi connectivity index (χ2n) is 7.34. The number of anilines is 1. The van der Waals surface area contributed by atoms with Gasteiger partial charge in [0, 0.05) is 22.6 Å². The number of fused-ring (bicyclic) bond motifs is 1. The Hall–Kier alpha value is -2.09. The molecular formula is C19H22Cl2N6O. The van der Waals surface area contributed by atoms with Crippen molar-refractivity contribution in [3.05, 3.63) is 50.5 Å². The average molecular weight is 421 g/mol. The highest BCUT2D eigenvalue weighted by Gasteiger charge is 2.19. The molecule has 0 unspecified atom stereocenters. The first kappa shape index (κ1) is 19.2. The lowest BCUT2D eigenvalue weighted by atomic mass is 9.86. The van der Waals surface area contributed by atoms with Crippen LogP contribution in [0.2, 0.25) is 10.0 Å². The van der Waals surface area contributed by atoms with Crippen LogP contribution in [-0.4, -0.2) is 32.1 Å².